The van der Waals surface area contributed by atoms with Crippen LogP contribution in [0.15, 0.2) is 24.3 Å². The molecule has 2 amide bonds. The Morgan fingerprint density at radius 3 is 2.73 bits per heavy atom. The average Bonchev–Trinajstić information content (AvgIpc) is 2.59. The first kappa shape index (κ1) is 16.3. The van der Waals surface area contributed by atoms with Gasteiger partial charge in [0, 0.05) is 19.6 Å². The Labute approximate surface area is 129 Å². The number of carbonyl (C=O) groups is 2. The normalized spacial score (nSPS) is 17.6. The van der Waals surface area contributed by atoms with E-state index in [1.165, 1.54) is 0 Å². The molecule has 1 heterocycles. The minimum absolute atomic E-state index is 0.0607. The molecule has 0 saturated carbocycles. The highest BCUT2D eigenvalue weighted by Gasteiger charge is 2.21. The third kappa shape index (κ3) is 5.01. The highest BCUT2D eigenvalue weighted by Crippen LogP contribution is 2.10. The summed E-state index contributed by atoms with van der Waals surface area (Å²) < 4.78 is 10.4. The molecule has 0 radical (unpaired) electrons. The minimum Gasteiger partial charge on any atom is -0.497 e. The van der Waals surface area contributed by atoms with Crippen LogP contribution in [0.1, 0.15) is 5.56 Å². The maximum Gasteiger partial charge on any atom is 0.250 e. The van der Waals surface area contributed by atoms with E-state index in [-0.39, 0.29) is 18.4 Å². The molecule has 0 aliphatic carbocycles. The SMILES string of the molecule is COc1ccc(CNC(=O)CNC(=O)C2CNCCO2)cc1. The molecule has 1 aliphatic heterocycles. The maximum atomic E-state index is 11.8. The number of carbonyl (C=O) groups excluding carboxylic acids is 2. The lowest BCUT2D eigenvalue weighted by Gasteiger charge is -2.22. The fourth-order valence-electron chi connectivity index (χ4n) is 2.02. The molecule has 1 fully saturated rings. The molecular formula is C15H21N3O4. The van der Waals surface area contributed by atoms with Gasteiger partial charge in [-0.15, -0.1) is 0 Å². The lowest BCUT2D eigenvalue weighted by Crippen LogP contribution is -2.49. The lowest BCUT2D eigenvalue weighted by atomic mass is 10.2. The highest BCUT2D eigenvalue weighted by atomic mass is 16.5. The van der Waals surface area contributed by atoms with Crippen LogP contribution in [0.5, 0.6) is 5.75 Å². The third-order valence-electron chi connectivity index (χ3n) is 3.29. The fraction of sp³-hybridized carbons (Fsp3) is 0.467. The van der Waals surface area contributed by atoms with Gasteiger partial charge in [-0.3, -0.25) is 9.59 Å². The topological polar surface area (TPSA) is 88.7 Å². The average molecular weight is 307 g/mol. The largest absolute Gasteiger partial charge is 0.497 e. The van der Waals surface area contributed by atoms with Crippen LogP contribution in [0.3, 0.4) is 0 Å². The van der Waals surface area contributed by atoms with Gasteiger partial charge in [-0.05, 0) is 17.7 Å². The molecule has 7 heteroatoms. The number of morpholine rings is 1. The Balaban J connectivity index is 1.67. The van der Waals surface area contributed by atoms with Crippen molar-refractivity contribution in [3.63, 3.8) is 0 Å². The highest BCUT2D eigenvalue weighted by molar-refractivity contribution is 5.87. The predicted octanol–water partition coefficient (Wildman–Crippen LogP) is -0.584. The number of methoxy groups -OCH3 is 1. The van der Waals surface area contributed by atoms with Crippen molar-refractivity contribution >= 4 is 11.8 Å². The van der Waals surface area contributed by atoms with E-state index in [0.29, 0.717) is 19.7 Å². The van der Waals surface area contributed by atoms with E-state index in [2.05, 4.69) is 16.0 Å². The molecule has 0 aromatic heterocycles. The summed E-state index contributed by atoms with van der Waals surface area (Å²) in [6, 6.07) is 7.41. The van der Waals surface area contributed by atoms with Crippen LogP contribution in [0.2, 0.25) is 0 Å². The predicted molar refractivity (Wildman–Crippen MR) is 80.5 cm³/mol. The van der Waals surface area contributed by atoms with Gasteiger partial charge in [0.15, 0.2) is 0 Å². The quantitative estimate of drug-likeness (QED) is 0.654. The number of ether oxygens (including phenoxy) is 2. The summed E-state index contributed by atoms with van der Waals surface area (Å²) in [5, 5.41) is 8.38. The molecule has 120 valence electrons. The van der Waals surface area contributed by atoms with Crippen LogP contribution < -0.4 is 20.7 Å². The van der Waals surface area contributed by atoms with E-state index >= 15 is 0 Å². The monoisotopic (exact) mass is 307 g/mol. The number of hydrogen-bond acceptors (Lipinski definition) is 5. The zero-order valence-corrected chi connectivity index (χ0v) is 12.6. The first-order valence-corrected chi connectivity index (χ1v) is 7.18. The van der Waals surface area contributed by atoms with Crippen LogP contribution in [0.4, 0.5) is 0 Å². The summed E-state index contributed by atoms with van der Waals surface area (Å²) >= 11 is 0. The number of rotatable bonds is 6. The zero-order valence-electron chi connectivity index (χ0n) is 12.6. The summed E-state index contributed by atoms with van der Waals surface area (Å²) in [5.41, 5.74) is 0.959. The smallest absolute Gasteiger partial charge is 0.250 e. The van der Waals surface area contributed by atoms with Gasteiger partial charge in [0.1, 0.15) is 11.9 Å². The van der Waals surface area contributed by atoms with Crippen molar-refractivity contribution in [1.29, 1.82) is 0 Å². The molecule has 22 heavy (non-hydrogen) atoms. The second kappa shape index (κ2) is 8.35. The van der Waals surface area contributed by atoms with Gasteiger partial charge in [-0.2, -0.15) is 0 Å². The van der Waals surface area contributed by atoms with Gasteiger partial charge in [0.25, 0.3) is 5.91 Å². The Bertz CT molecular complexity index is 498. The Hall–Kier alpha value is -2.12. The summed E-state index contributed by atoms with van der Waals surface area (Å²) in [4.78, 5) is 23.5. The van der Waals surface area contributed by atoms with Gasteiger partial charge in [0.2, 0.25) is 5.91 Å². The van der Waals surface area contributed by atoms with E-state index in [1.807, 2.05) is 24.3 Å². The Kier molecular flexibility index (Phi) is 6.17. The molecule has 7 nitrogen and oxygen atoms in total. The van der Waals surface area contributed by atoms with Crippen LogP contribution in [0.25, 0.3) is 0 Å². The molecule has 0 spiro atoms. The van der Waals surface area contributed by atoms with Crippen molar-refractivity contribution < 1.29 is 19.1 Å². The van der Waals surface area contributed by atoms with Gasteiger partial charge in [-0.25, -0.2) is 0 Å². The van der Waals surface area contributed by atoms with Crippen molar-refractivity contribution in [3.8, 4) is 5.75 Å². The first-order valence-electron chi connectivity index (χ1n) is 7.18. The Morgan fingerprint density at radius 2 is 2.09 bits per heavy atom. The first-order chi connectivity index (χ1) is 10.7. The van der Waals surface area contributed by atoms with E-state index in [0.717, 1.165) is 17.9 Å². The van der Waals surface area contributed by atoms with E-state index in [4.69, 9.17) is 9.47 Å². The second-order valence-corrected chi connectivity index (χ2v) is 4.91. The molecule has 1 unspecified atom stereocenters. The van der Waals surface area contributed by atoms with Crippen LogP contribution in [-0.4, -0.2) is 51.3 Å². The molecule has 3 N–H and O–H groups in total. The van der Waals surface area contributed by atoms with Crippen molar-refractivity contribution in [2.24, 2.45) is 0 Å². The van der Waals surface area contributed by atoms with Gasteiger partial charge < -0.3 is 25.4 Å². The standard InChI is InChI=1S/C15H21N3O4/c1-21-12-4-2-11(3-5-12)8-17-14(19)10-18-15(20)13-9-16-6-7-22-13/h2-5,13,16H,6-10H2,1H3,(H,17,19)(H,18,20). The van der Waals surface area contributed by atoms with Crippen LogP contribution in [-0.2, 0) is 20.9 Å². The molecule has 1 aliphatic rings. The van der Waals surface area contributed by atoms with Crippen molar-refractivity contribution in [3.05, 3.63) is 29.8 Å². The second-order valence-electron chi connectivity index (χ2n) is 4.91. The molecule has 1 aromatic rings. The summed E-state index contributed by atoms with van der Waals surface area (Å²) in [5.74, 6) is 0.253. The van der Waals surface area contributed by atoms with Gasteiger partial charge in [0.05, 0.1) is 20.3 Å². The minimum atomic E-state index is -0.525. The number of hydrogen-bond donors (Lipinski definition) is 3. The number of benzene rings is 1. The molecular weight excluding hydrogens is 286 g/mol. The zero-order chi connectivity index (χ0) is 15.8. The van der Waals surface area contributed by atoms with E-state index in [9.17, 15) is 9.59 Å². The van der Waals surface area contributed by atoms with Crippen molar-refractivity contribution in [1.82, 2.24) is 16.0 Å². The Morgan fingerprint density at radius 1 is 1.32 bits per heavy atom. The maximum absolute atomic E-state index is 11.8. The van der Waals surface area contributed by atoms with E-state index in [1.54, 1.807) is 7.11 Å². The molecule has 1 saturated heterocycles. The fourth-order valence-corrected chi connectivity index (χ4v) is 2.02. The third-order valence-corrected chi connectivity index (χ3v) is 3.29. The molecule has 0 bridgehead atoms. The van der Waals surface area contributed by atoms with Gasteiger partial charge >= 0.3 is 0 Å². The van der Waals surface area contributed by atoms with Crippen molar-refractivity contribution in [2.75, 3.05) is 33.4 Å². The van der Waals surface area contributed by atoms with Crippen LogP contribution in [0, 0.1) is 0 Å². The molecule has 1 aromatic carbocycles. The molecule has 2 rings (SSSR count). The van der Waals surface area contributed by atoms with E-state index < -0.39 is 6.10 Å². The summed E-state index contributed by atoms with van der Waals surface area (Å²) in [6.45, 7) is 2.06. The molecule has 1 atom stereocenters. The van der Waals surface area contributed by atoms with Gasteiger partial charge in [-0.1, -0.05) is 12.1 Å². The summed E-state index contributed by atoms with van der Waals surface area (Å²) in [7, 11) is 1.60. The lowest BCUT2D eigenvalue weighted by molar-refractivity contribution is -0.136. The van der Waals surface area contributed by atoms with Crippen molar-refractivity contribution in [2.45, 2.75) is 12.6 Å². The number of amides is 2. The summed E-state index contributed by atoms with van der Waals surface area (Å²) in [6.07, 6.45) is -0.525. The van der Waals surface area contributed by atoms with Crippen LogP contribution >= 0.6 is 0 Å². The number of nitrogens with one attached hydrogen (secondary N) is 3.